The first-order valence-corrected chi connectivity index (χ1v) is 19.3. The third kappa shape index (κ3) is 4.64. The topological polar surface area (TPSA) is 56.3 Å². The predicted octanol–water partition coefficient (Wildman–Crippen LogP) is 4.72. The molecule has 5 nitrogen and oxygen atoms in total. The van der Waals surface area contributed by atoms with E-state index in [9.17, 15) is 0 Å². The zero-order valence-electron chi connectivity index (χ0n) is 16.7. The fourth-order valence-corrected chi connectivity index (χ4v) is 6.28. The number of benzene rings is 2. The van der Waals surface area contributed by atoms with Gasteiger partial charge in [0.2, 0.25) is 0 Å². The third-order valence-electron chi connectivity index (χ3n) is 4.29. The Labute approximate surface area is 165 Å². The Kier molecular flexibility index (Phi) is 6.09. The molecule has 0 amide bonds. The van der Waals surface area contributed by atoms with E-state index in [4.69, 9.17) is 9.47 Å². The summed E-state index contributed by atoms with van der Waals surface area (Å²) in [6.45, 7) is 5.07. The van der Waals surface area contributed by atoms with E-state index >= 15 is 0 Å². The van der Waals surface area contributed by atoms with Crippen LogP contribution in [0.2, 0.25) is 14.8 Å². The summed E-state index contributed by atoms with van der Waals surface area (Å²) in [5, 5.41) is 4.38. The fourth-order valence-electron chi connectivity index (χ4n) is 2.90. The number of hydrogen-bond donors (Lipinski definition) is 1. The third-order valence-corrected chi connectivity index (χ3v) is 10.1. The molecule has 0 fully saturated rings. The fraction of sp³-hybridized carbons (Fsp3) is 0.333. The molecule has 0 atom stereocenters. The van der Waals surface area contributed by atoms with Crippen LogP contribution < -0.4 is 18.4 Å². The first-order chi connectivity index (χ1) is 12.9. The molecule has 0 bridgehead atoms. The summed E-state index contributed by atoms with van der Waals surface area (Å²) in [5.41, 5.74) is 1.87. The molecule has 1 aromatic heterocycles. The first kappa shape index (κ1) is 19.7. The van der Waals surface area contributed by atoms with Crippen LogP contribution in [0.3, 0.4) is 0 Å². The molecule has 0 aliphatic heterocycles. The monoisotopic (exact) mass is 473 g/mol. The summed E-state index contributed by atoms with van der Waals surface area (Å²) < 4.78 is 13.0. The van der Waals surface area contributed by atoms with Gasteiger partial charge in [-0.25, -0.2) is 0 Å². The van der Waals surface area contributed by atoms with Crippen molar-refractivity contribution in [1.82, 2.24) is 9.97 Å². The maximum absolute atomic E-state index is 5.77. The Morgan fingerprint density at radius 3 is 2.30 bits per heavy atom. The van der Waals surface area contributed by atoms with Crippen LogP contribution in [0.1, 0.15) is 13.8 Å². The molecule has 1 N–H and O–H groups in total. The van der Waals surface area contributed by atoms with Gasteiger partial charge in [0, 0.05) is 0 Å². The number of rotatable bonds is 7. The van der Waals surface area contributed by atoms with E-state index in [0.717, 1.165) is 22.4 Å². The van der Waals surface area contributed by atoms with Gasteiger partial charge in [0.1, 0.15) is 0 Å². The van der Waals surface area contributed by atoms with Crippen molar-refractivity contribution < 1.29 is 9.47 Å². The van der Waals surface area contributed by atoms with Crippen LogP contribution in [0.5, 0.6) is 11.5 Å². The molecule has 1 heterocycles. The van der Waals surface area contributed by atoms with Crippen molar-refractivity contribution in [2.75, 3.05) is 18.5 Å². The number of aromatic nitrogens is 2. The predicted molar refractivity (Wildman–Crippen MR) is 115 cm³/mol. The quantitative estimate of drug-likeness (QED) is 0.505. The maximum atomic E-state index is 5.77. The van der Waals surface area contributed by atoms with Gasteiger partial charge in [-0.05, 0) is 0 Å². The van der Waals surface area contributed by atoms with Gasteiger partial charge < -0.3 is 0 Å². The van der Waals surface area contributed by atoms with Gasteiger partial charge in [-0.3, -0.25) is 0 Å². The second-order valence-corrected chi connectivity index (χ2v) is 21.9. The second kappa shape index (κ2) is 8.33. The molecule has 27 heavy (non-hydrogen) atoms. The second-order valence-electron chi connectivity index (χ2n) is 7.36. The van der Waals surface area contributed by atoms with Crippen LogP contribution in [0.25, 0.3) is 10.9 Å². The summed E-state index contributed by atoms with van der Waals surface area (Å²) in [5.74, 6) is 2.19. The number of ether oxygens (including phenoxy) is 2. The van der Waals surface area contributed by atoms with Gasteiger partial charge in [-0.15, -0.1) is 0 Å². The SMILES string of the molecule is CCOc1cc2ncnc(Nc3ccc[c]([Sn]([CH3])([CH3])[CH3])c3)c2cc1OCC. The Balaban J connectivity index is 2.03. The Morgan fingerprint density at radius 1 is 0.926 bits per heavy atom. The standard InChI is InChI=1S/C18H18N3O2.3CH3.Sn/c1-3-22-16-10-14-15(11-17(16)23-4-2)19-12-20-18(14)21-13-8-6-5-7-9-13;;;;/h5-6,8-12H,3-4H2,1-2H3,(H,19,20,21);3*1H3;. The Bertz CT molecular complexity index is 938. The van der Waals surface area contributed by atoms with Crippen LogP contribution in [-0.2, 0) is 0 Å². The first-order valence-electron chi connectivity index (χ1n) is 9.34. The summed E-state index contributed by atoms with van der Waals surface area (Å²) in [7, 11) is 0. The molecular weight excluding hydrogens is 445 g/mol. The van der Waals surface area contributed by atoms with Gasteiger partial charge in [-0.2, -0.15) is 0 Å². The van der Waals surface area contributed by atoms with Crippen LogP contribution in [0.4, 0.5) is 11.5 Å². The van der Waals surface area contributed by atoms with Crippen molar-refractivity contribution in [2.45, 2.75) is 28.7 Å². The Hall–Kier alpha value is -2.02. The molecular formula is C21H27N3O2Sn. The molecule has 0 spiro atoms. The van der Waals surface area contributed by atoms with E-state index in [1.807, 2.05) is 26.0 Å². The van der Waals surface area contributed by atoms with Crippen LogP contribution in [0.15, 0.2) is 42.7 Å². The van der Waals surface area contributed by atoms with Gasteiger partial charge >= 0.3 is 165 Å². The number of nitrogens with zero attached hydrogens (tertiary/aromatic N) is 2. The van der Waals surface area contributed by atoms with E-state index in [1.165, 1.54) is 3.58 Å². The van der Waals surface area contributed by atoms with Crippen molar-refractivity contribution in [3.8, 4) is 11.5 Å². The summed E-state index contributed by atoms with van der Waals surface area (Å²) in [6.07, 6.45) is 1.58. The summed E-state index contributed by atoms with van der Waals surface area (Å²) >= 11 is -2.13. The molecule has 142 valence electrons. The molecule has 0 radical (unpaired) electrons. The number of nitrogens with one attached hydrogen (secondary N) is 1. The van der Waals surface area contributed by atoms with Gasteiger partial charge in [0.05, 0.1) is 0 Å². The van der Waals surface area contributed by atoms with Crippen molar-refractivity contribution in [1.29, 1.82) is 0 Å². The van der Waals surface area contributed by atoms with Gasteiger partial charge in [0.15, 0.2) is 0 Å². The van der Waals surface area contributed by atoms with Gasteiger partial charge in [0.25, 0.3) is 0 Å². The molecule has 6 heteroatoms. The molecule has 0 saturated carbocycles. The van der Waals surface area contributed by atoms with Crippen molar-refractivity contribution in [3.63, 3.8) is 0 Å². The minimum absolute atomic E-state index is 0.572. The minimum atomic E-state index is -2.13. The molecule has 0 aliphatic carbocycles. The summed E-state index contributed by atoms with van der Waals surface area (Å²) in [6, 6.07) is 12.6. The molecule has 0 aliphatic rings. The van der Waals surface area contributed by atoms with E-state index in [2.05, 4.69) is 54.4 Å². The van der Waals surface area contributed by atoms with Crippen LogP contribution >= 0.6 is 0 Å². The van der Waals surface area contributed by atoms with E-state index in [1.54, 1.807) is 6.33 Å². The Morgan fingerprint density at radius 2 is 1.63 bits per heavy atom. The average Bonchev–Trinajstić information content (AvgIpc) is 2.63. The zero-order chi connectivity index (χ0) is 19.4. The van der Waals surface area contributed by atoms with Crippen molar-refractivity contribution >= 4 is 44.4 Å². The molecule has 0 saturated heterocycles. The van der Waals surface area contributed by atoms with E-state index in [0.29, 0.717) is 24.7 Å². The zero-order valence-corrected chi connectivity index (χ0v) is 19.5. The summed E-state index contributed by atoms with van der Waals surface area (Å²) in [4.78, 5) is 16.1. The average molecular weight is 472 g/mol. The van der Waals surface area contributed by atoms with Gasteiger partial charge in [-0.1, -0.05) is 0 Å². The number of fused-ring (bicyclic) bond motifs is 1. The molecule has 2 aromatic carbocycles. The molecule has 3 rings (SSSR count). The van der Waals surface area contributed by atoms with Crippen molar-refractivity contribution in [3.05, 3.63) is 42.7 Å². The normalized spacial score (nSPS) is 11.4. The number of hydrogen-bond acceptors (Lipinski definition) is 5. The number of anilines is 2. The van der Waals surface area contributed by atoms with Crippen LogP contribution in [0, 0.1) is 0 Å². The van der Waals surface area contributed by atoms with E-state index in [-0.39, 0.29) is 0 Å². The van der Waals surface area contributed by atoms with E-state index < -0.39 is 18.4 Å². The molecule has 0 unspecified atom stereocenters. The van der Waals surface area contributed by atoms with Crippen LogP contribution in [-0.4, -0.2) is 41.6 Å². The van der Waals surface area contributed by atoms with Crippen molar-refractivity contribution in [2.24, 2.45) is 0 Å². The molecule has 3 aromatic rings.